The number of aromatic nitrogens is 4. The fourth-order valence-corrected chi connectivity index (χ4v) is 7.46. The number of amides is 3. The molecule has 6 N–H and O–H groups in total. The molecule has 8 bridgehead atoms. The molecule has 10 heteroatoms. The molecule has 4 aromatic heterocycles. The molecule has 296 valence electrons. The summed E-state index contributed by atoms with van der Waals surface area (Å²) in [6, 6.07) is 35.4. The number of hydrogen-bond donors (Lipinski definition) is 6. The van der Waals surface area contributed by atoms with Crippen molar-refractivity contribution in [3.8, 4) is 33.4 Å². The Bertz CT molecular complexity index is 2820. The second kappa shape index (κ2) is 17.1. The second-order valence-corrected chi connectivity index (χ2v) is 14.7. The highest BCUT2D eigenvalue weighted by Crippen LogP contribution is 2.36. The number of benzene rings is 3. The molecular weight excluding hydrogens is 735 g/mol. The zero-order chi connectivity index (χ0) is 40.9. The van der Waals surface area contributed by atoms with E-state index in [1.165, 1.54) is 0 Å². The lowest BCUT2D eigenvalue weighted by Crippen LogP contribution is -2.23. The maximum Gasteiger partial charge on any atom is 0.251 e. The van der Waals surface area contributed by atoms with Crippen molar-refractivity contribution in [2.24, 2.45) is 0 Å². The number of nitrogens with zero attached hydrogens (tertiary/aromatic N) is 1. The van der Waals surface area contributed by atoms with Crippen LogP contribution in [-0.2, 0) is 0 Å². The first-order valence-corrected chi connectivity index (χ1v) is 20.3. The highest BCUT2D eigenvalue weighted by molar-refractivity contribution is 6.02. The molecule has 0 spiro atoms. The van der Waals surface area contributed by atoms with Gasteiger partial charge in [-0.05, 0) is 121 Å². The van der Waals surface area contributed by atoms with Crippen LogP contribution in [0.3, 0.4) is 0 Å². The van der Waals surface area contributed by atoms with E-state index in [0.717, 1.165) is 97.1 Å². The normalized spacial score (nSPS) is 11.5. The summed E-state index contributed by atoms with van der Waals surface area (Å²) in [6.45, 7) is 7.93. The van der Waals surface area contributed by atoms with E-state index in [1.807, 2.05) is 112 Å². The standard InChI is InChI=1S/C49H47N7O3/c1-4-27-50-47(57)33-13-7-30(8-14-33)44-38-21-19-36(53-38)37-20-22-39(54-37)45(31-9-15-34(16-10-31)48(58)51-28-5-2)41-24-26-43(56-41)46(42-25-23-40(44)55-42)32-11-17-35(18-12-32)49(59)52-29-6-3/h7-26,53,55-56H,4-6,27-29H2,1-3H3,(H,50,57)(H,51,58)(H,52,59). The van der Waals surface area contributed by atoms with Gasteiger partial charge < -0.3 is 30.9 Å². The molecule has 3 aromatic carbocycles. The van der Waals surface area contributed by atoms with Gasteiger partial charge in [-0.15, -0.1) is 0 Å². The lowest BCUT2D eigenvalue weighted by atomic mass is 10.0. The van der Waals surface area contributed by atoms with Crippen molar-refractivity contribution in [2.45, 2.75) is 40.0 Å². The fourth-order valence-electron chi connectivity index (χ4n) is 7.46. The topological polar surface area (TPSA) is 148 Å². The number of fused-ring (bicyclic) bond motifs is 9. The molecule has 59 heavy (non-hydrogen) atoms. The van der Waals surface area contributed by atoms with Crippen molar-refractivity contribution in [3.05, 3.63) is 137 Å². The highest BCUT2D eigenvalue weighted by Gasteiger charge is 2.17. The molecule has 0 unspecified atom stereocenters. The number of nitrogens with one attached hydrogen (secondary N) is 6. The van der Waals surface area contributed by atoms with E-state index in [2.05, 4.69) is 61.2 Å². The van der Waals surface area contributed by atoms with Crippen LogP contribution in [0.15, 0.2) is 109 Å². The van der Waals surface area contributed by atoms with Crippen molar-refractivity contribution in [1.29, 1.82) is 0 Å². The Morgan fingerprint density at radius 2 is 0.712 bits per heavy atom. The van der Waals surface area contributed by atoms with Crippen molar-refractivity contribution >= 4 is 63.0 Å². The van der Waals surface area contributed by atoms with Gasteiger partial charge in [0.05, 0.1) is 16.9 Å². The second-order valence-electron chi connectivity index (χ2n) is 14.7. The molecule has 0 atom stereocenters. The minimum atomic E-state index is -0.108. The quantitative estimate of drug-likeness (QED) is 0.0732. The zero-order valence-electron chi connectivity index (χ0n) is 33.5. The van der Waals surface area contributed by atoms with Crippen molar-refractivity contribution < 1.29 is 14.4 Å². The third-order valence-corrected chi connectivity index (χ3v) is 10.5. The van der Waals surface area contributed by atoms with E-state index in [0.29, 0.717) is 36.3 Å². The number of carbonyl (C=O) groups excluding carboxylic acids is 3. The lowest BCUT2D eigenvalue weighted by Gasteiger charge is -2.08. The van der Waals surface area contributed by atoms with E-state index in [1.54, 1.807) is 0 Å². The van der Waals surface area contributed by atoms with Gasteiger partial charge in [-0.3, -0.25) is 14.4 Å². The minimum absolute atomic E-state index is 0.101. The van der Waals surface area contributed by atoms with Crippen LogP contribution in [0.1, 0.15) is 82.5 Å². The first kappa shape index (κ1) is 38.7. The number of carbonyl (C=O) groups is 3. The summed E-state index contributed by atoms with van der Waals surface area (Å²) < 4.78 is 0. The van der Waals surface area contributed by atoms with Crippen molar-refractivity contribution in [3.63, 3.8) is 0 Å². The van der Waals surface area contributed by atoms with Gasteiger partial charge in [0.25, 0.3) is 17.7 Å². The predicted octanol–water partition coefficient (Wildman–Crippen LogP) is 10.1. The zero-order valence-corrected chi connectivity index (χ0v) is 33.5. The maximum atomic E-state index is 12.9. The van der Waals surface area contributed by atoms with E-state index in [9.17, 15) is 14.4 Å². The van der Waals surface area contributed by atoms with Gasteiger partial charge in [0.15, 0.2) is 0 Å². The van der Waals surface area contributed by atoms with Crippen LogP contribution in [0.5, 0.6) is 0 Å². The Labute approximate surface area is 342 Å². The highest BCUT2D eigenvalue weighted by atomic mass is 16.2. The Hall–Kier alpha value is -7.20. The molecule has 1 aliphatic rings. The third-order valence-electron chi connectivity index (χ3n) is 10.5. The van der Waals surface area contributed by atoms with E-state index in [-0.39, 0.29) is 17.7 Å². The molecule has 0 saturated carbocycles. The van der Waals surface area contributed by atoms with Crippen LogP contribution in [0.2, 0.25) is 0 Å². The van der Waals surface area contributed by atoms with Crippen LogP contribution >= 0.6 is 0 Å². The molecule has 0 aliphatic carbocycles. The average molecular weight is 782 g/mol. The first-order chi connectivity index (χ1) is 28.8. The van der Waals surface area contributed by atoms with Gasteiger partial charge in [0, 0.05) is 80.6 Å². The Morgan fingerprint density at radius 3 is 1.08 bits per heavy atom. The lowest BCUT2D eigenvalue weighted by molar-refractivity contribution is 0.0945. The summed E-state index contributed by atoms with van der Waals surface area (Å²) in [5.41, 5.74) is 14.0. The summed E-state index contributed by atoms with van der Waals surface area (Å²) >= 11 is 0. The largest absolute Gasteiger partial charge is 0.354 e. The van der Waals surface area contributed by atoms with E-state index in [4.69, 9.17) is 4.98 Å². The molecule has 5 heterocycles. The monoisotopic (exact) mass is 781 g/mol. The van der Waals surface area contributed by atoms with Crippen LogP contribution in [0, 0.1) is 0 Å². The molecule has 3 amide bonds. The van der Waals surface area contributed by atoms with Crippen LogP contribution in [-0.4, -0.2) is 57.3 Å². The number of aromatic amines is 3. The molecule has 0 fully saturated rings. The maximum absolute atomic E-state index is 12.9. The summed E-state index contributed by atoms with van der Waals surface area (Å²) in [4.78, 5) is 54.9. The first-order valence-electron chi connectivity index (χ1n) is 20.3. The smallest absolute Gasteiger partial charge is 0.251 e. The number of rotatable bonds is 12. The van der Waals surface area contributed by atoms with Gasteiger partial charge in [0.2, 0.25) is 0 Å². The fraction of sp³-hybridized carbons (Fsp3) is 0.184. The van der Waals surface area contributed by atoms with Crippen molar-refractivity contribution in [1.82, 2.24) is 35.9 Å². The average Bonchev–Trinajstić information content (AvgIpc) is 4.12. The molecule has 0 radical (unpaired) electrons. The Kier molecular flexibility index (Phi) is 11.2. The molecule has 7 aromatic rings. The number of hydrogen-bond acceptors (Lipinski definition) is 4. The molecule has 10 nitrogen and oxygen atoms in total. The van der Waals surface area contributed by atoms with Gasteiger partial charge in [-0.2, -0.15) is 0 Å². The van der Waals surface area contributed by atoms with Crippen LogP contribution < -0.4 is 16.0 Å². The summed E-state index contributed by atoms with van der Waals surface area (Å²) in [5.74, 6) is -0.314. The van der Waals surface area contributed by atoms with Gasteiger partial charge in [-0.1, -0.05) is 57.2 Å². The summed E-state index contributed by atoms with van der Waals surface area (Å²) in [6.07, 6.45) is 6.61. The van der Waals surface area contributed by atoms with Gasteiger partial charge >= 0.3 is 0 Å². The Balaban J connectivity index is 1.38. The predicted molar refractivity (Wildman–Crippen MR) is 239 cm³/mol. The van der Waals surface area contributed by atoms with Crippen molar-refractivity contribution in [2.75, 3.05) is 19.6 Å². The van der Waals surface area contributed by atoms with Crippen LogP contribution in [0.25, 0.3) is 78.6 Å². The van der Waals surface area contributed by atoms with Gasteiger partial charge in [-0.25, -0.2) is 4.98 Å². The summed E-state index contributed by atoms with van der Waals surface area (Å²) in [5, 5.41) is 8.91. The SMILES string of the molecule is CCCNC(=O)c1ccc(-c2c3nc(c4ccc([nH]4)c(-c4ccc(C(=O)NCCC)cc4)c4ccc([nH]4)c(-c4ccc(C(=O)NCCC)cc4)c4ccc2[nH]4)C=C3)cc1. The summed E-state index contributed by atoms with van der Waals surface area (Å²) in [7, 11) is 0. The molecule has 8 rings (SSSR count). The molecule has 0 saturated heterocycles. The van der Waals surface area contributed by atoms with Gasteiger partial charge in [0.1, 0.15) is 0 Å². The van der Waals surface area contributed by atoms with E-state index >= 15 is 0 Å². The van der Waals surface area contributed by atoms with Crippen LogP contribution in [0.4, 0.5) is 0 Å². The minimum Gasteiger partial charge on any atom is -0.354 e. The third kappa shape index (κ3) is 8.02. The molecular formula is C49H47N7O3. The number of H-pyrrole nitrogens is 3. The Morgan fingerprint density at radius 1 is 0.407 bits per heavy atom. The molecule has 1 aliphatic heterocycles. The van der Waals surface area contributed by atoms with E-state index < -0.39 is 0 Å².